The zero-order valence-electron chi connectivity index (χ0n) is 14.0. The summed E-state index contributed by atoms with van der Waals surface area (Å²) in [6, 6.07) is 5.99. The minimum atomic E-state index is 0.119. The molecule has 4 nitrogen and oxygen atoms in total. The van der Waals surface area contributed by atoms with Gasteiger partial charge in [-0.25, -0.2) is 0 Å². The van der Waals surface area contributed by atoms with E-state index in [1.54, 1.807) is 14.2 Å². The highest BCUT2D eigenvalue weighted by Gasteiger charge is 2.32. The molecule has 0 bridgehead atoms. The maximum absolute atomic E-state index is 12.7. The minimum Gasteiger partial charge on any atom is -0.497 e. The van der Waals surface area contributed by atoms with Crippen LogP contribution in [0.5, 0.6) is 11.5 Å². The molecule has 1 heterocycles. The van der Waals surface area contributed by atoms with Gasteiger partial charge in [-0.2, -0.15) is 0 Å². The molecule has 1 aliphatic carbocycles. The van der Waals surface area contributed by atoms with Crippen molar-refractivity contribution < 1.29 is 14.3 Å². The number of hydrogen-bond donors (Lipinski definition) is 0. The maximum atomic E-state index is 12.7. The fourth-order valence-electron chi connectivity index (χ4n) is 3.69. The molecule has 1 aromatic carbocycles. The average Bonchev–Trinajstić information content (AvgIpc) is 3.25. The van der Waals surface area contributed by atoms with Gasteiger partial charge in [0.25, 0.3) is 0 Å². The summed E-state index contributed by atoms with van der Waals surface area (Å²) < 4.78 is 10.8. The van der Waals surface area contributed by atoms with Crippen LogP contribution in [0.3, 0.4) is 0 Å². The van der Waals surface area contributed by atoms with Crippen LogP contribution in [0.25, 0.3) is 0 Å². The number of amides is 1. The van der Waals surface area contributed by atoms with Gasteiger partial charge in [0.05, 0.1) is 20.3 Å². The number of methoxy groups -OCH3 is 2. The Hall–Kier alpha value is -1.97. The number of rotatable bonds is 5. The van der Waals surface area contributed by atoms with Crippen LogP contribution >= 0.6 is 0 Å². The molecule has 0 radical (unpaired) electrons. The van der Waals surface area contributed by atoms with Gasteiger partial charge in [-0.3, -0.25) is 4.79 Å². The van der Waals surface area contributed by atoms with Crippen molar-refractivity contribution in [1.82, 2.24) is 4.90 Å². The van der Waals surface area contributed by atoms with Gasteiger partial charge in [0.15, 0.2) is 0 Å². The highest BCUT2D eigenvalue weighted by molar-refractivity contribution is 5.77. The first kappa shape index (κ1) is 15.9. The third-order valence-corrected chi connectivity index (χ3v) is 4.92. The molecule has 1 aromatic rings. The topological polar surface area (TPSA) is 38.8 Å². The van der Waals surface area contributed by atoms with E-state index < -0.39 is 0 Å². The Balaban J connectivity index is 1.78. The SMILES string of the molecule is COc1ccc([C@@H]2CCCN2C(=O)C[C@@H]2C=CCC2)c(OC)c1. The number of carbonyl (C=O) groups is 1. The molecule has 2 atom stereocenters. The summed E-state index contributed by atoms with van der Waals surface area (Å²) in [7, 11) is 3.32. The molecule has 0 saturated carbocycles. The van der Waals surface area contributed by atoms with Crippen LogP contribution in [0.1, 0.15) is 43.7 Å². The predicted molar refractivity (Wildman–Crippen MR) is 89.7 cm³/mol. The van der Waals surface area contributed by atoms with Crippen LogP contribution in [0, 0.1) is 5.92 Å². The van der Waals surface area contributed by atoms with Crippen molar-refractivity contribution in [2.45, 2.75) is 38.1 Å². The third kappa shape index (κ3) is 3.36. The highest BCUT2D eigenvalue weighted by Crippen LogP contribution is 2.39. The first-order valence-electron chi connectivity index (χ1n) is 8.41. The second-order valence-electron chi connectivity index (χ2n) is 6.32. The molecular weight excluding hydrogens is 290 g/mol. The van der Waals surface area contributed by atoms with E-state index >= 15 is 0 Å². The Kier molecular flexibility index (Phi) is 4.89. The van der Waals surface area contributed by atoms with Gasteiger partial charge in [0, 0.05) is 24.6 Å². The Morgan fingerprint density at radius 2 is 2.13 bits per heavy atom. The second kappa shape index (κ2) is 7.07. The predicted octanol–water partition coefficient (Wildman–Crippen LogP) is 3.72. The van der Waals surface area contributed by atoms with Crippen LogP contribution < -0.4 is 9.47 Å². The van der Waals surface area contributed by atoms with E-state index in [2.05, 4.69) is 12.2 Å². The van der Waals surface area contributed by atoms with Crippen LogP contribution in [0.4, 0.5) is 0 Å². The van der Waals surface area contributed by atoms with Crippen molar-refractivity contribution in [3.8, 4) is 11.5 Å². The number of nitrogens with zero attached hydrogens (tertiary/aromatic N) is 1. The van der Waals surface area contributed by atoms with Crippen molar-refractivity contribution in [1.29, 1.82) is 0 Å². The molecule has 1 fully saturated rings. The van der Waals surface area contributed by atoms with Crippen molar-refractivity contribution in [2.24, 2.45) is 5.92 Å². The fourth-order valence-corrected chi connectivity index (χ4v) is 3.69. The van der Waals surface area contributed by atoms with Gasteiger partial charge < -0.3 is 14.4 Å². The summed E-state index contributed by atoms with van der Waals surface area (Å²) in [6.07, 6.45) is 9.26. The molecule has 1 aliphatic heterocycles. The molecule has 2 aliphatic rings. The lowest BCUT2D eigenvalue weighted by Gasteiger charge is -2.27. The largest absolute Gasteiger partial charge is 0.497 e. The molecule has 0 aromatic heterocycles. The number of hydrogen-bond acceptors (Lipinski definition) is 3. The number of allylic oxidation sites excluding steroid dienone is 2. The number of ether oxygens (including phenoxy) is 2. The molecule has 1 amide bonds. The molecule has 4 heteroatoms. The van der Waals surface area contributed by atoms with Gasteiger partial charge in [0.2, 0.25) is 5.91 Å². The van der Waals surface area contributed by atoms with E-state index in [0.29, 0.717) is 12.3 Å². The zero-order chi connectivity index (χ0) is 16.2. The van der Waals surface area contributed by atoms with Gasteiger partial charge in [-0.15, -0.1) is 0 Å². The van der Waals surface area contributed by atoms with Crippen LogP contribution in [0.15, 0.2) is 30.4 Å². The molecule has 124 valence electrons. The molecule has 0 N–H and O–H groups in total. The zero-order valence-corrected chi connectivity index (χ0v) is 14.0. The number of carbonyl (C=O) groups excluding carboxylic acids is 1. The third-order valence-electron chi connectivity index (χ3n) is 4.92. The molecule has 23 heavy (non-hydrogen) atoms. The van der Waals surface area contributed by atoms with Gasteiger partial charge >= 0.3 is 0 Å². The monoisotopic (exact) mass is 315 g/mol. The molecule has 1 saturated heterocycles. The lowest BCUT2D eigenvalue weighted by Crippen LogP contribution is -2.31. The molecular formula is C19H25NO3. The smallest absolute Gasteiger partial charge is 0.223 e. The first-order chi connectivity index (χ1) is 11.2. The summed E-state index contributed by atoms with van der Waals surface area (Å²) >= 11 is 0. The van der Waals surface area contributed by atoms with Gasteiger partial charge in [-0.1, -0.05) is 12.2 Å². The summed E-state index contributed by atoms with van der Waals surface area (Å²) in [5.41, 5.74) is 1.08. The van der Waals surface area contributed by atoms with E-state index in [0.717, 1.165) is 49.3 Å². The highest BCUT2D eigenvalue weighted by atomic mass is 16.5. The first-order valence-corrected chi connectivity index (χ1v) is 8.41. The summed E-state index contributed by atoms with van der Waals surface area (Å²) in [5, 5.41) is 0. The van der Waals surface area contributed by atoms with Crippen molar-refractivity contribution in [2.75, 3.05) is 20.8 Å². The lowest BCUT2D eigenvalue weighted by atomic mass is 10.0. The summed E-state index contributed by atoms with van der Waals surface area (Å²) in [5.74, 6) is 2.26. The fraction of sp³-hybridized carbons (Fsp3) is 0.526. The Bertz CT molecular complexity index is 596. The second-order valence-corrected chi connectivity index (χ2v) is 6.32. The Morgan fingerprint density at radius 3 is 2.83 bits per heavy atom. The number of benzene rings is 1. The number of likely N-dealkylation sites (tertiary alicyclic amines) is 1. The van der Waals surface area contributed by atoms with Crippen molar-refractivity contribution >= 4 is 5.91 Å². The maximum Gasteiger partial charge on any atom is 0.223 e. The van der Waals surface area contributed by atoms with E-state index in [9.17, 15) is 4.79 Å². The summed E-state index contributed by atoms with van der Waals surface area (Å²) in [6.45, 7) is 0.842. The van der Waals surface area contributed by atoms with E-state index in [4.69, 9.17) is 9.47 Å². The van der Waals surface area contributed by atoms with E-state index in [-0.39, 0.29) is 11.9 Å². The minimum absolute atomic E-state index is 0.119. The van der Waals surface area contributed by atoms with Crippen LogP contribution in [0.2, 0.25) is 0 Å². The standard InChI is InChI=1S/C19H25NO3/c1-22-15-9-10-16(18(13-15)23-2)17-8-5-11-20(17)19(21)12-14-6-3-4-7-14/h3,6,9-10,13-14,17H,4-5,7-8,11-12H2,1-2H3/t14-,17+/m1/s1. The van der Waals surface area contributed by atoms with E-state index in [1.165, 1.54) is 0 Å². The van der Waals surface area contributed by atoms with Crippen LogP contribution in [-0.2, 0) is 4.79 Å². The quantitative estimate of drug-likeness (QED) is 0.777. The average molecular weight is 315 g/mol. The summed E-state index contributed by atoms with van der Waals surface area (Å²) in [4.78, 5) is 14.8. The Morgan fingerprint density at radius 1 is 1.26 bits per heavy atom. The molecule has 0 spiro atoms. The Labute approximate surface area is 138 Å². The molecule has 3 rings (SSSR count). The van der Waals surface area contributed by atoms with Crippen molar-refractivity contribution in [3.63, 3.8) is 0 Å². The van der Waals surface area contributed by atoms with Crippen LogP contribution in [-0.4, -0.2) is 31.6 Å². The van der Waals surface area contributed by atoms with Gasteiger partial charge in [0.1, 0.15) is 11.5 Å². The van der Waals surface area contributed by atoms with Gasteiger partial charge in [-0.05, 0) is 43.7 Å². The normalized spacial score (nSPS) is 23.3. The van der Waals surface area contributed by atoms with E-state index in [1.807, 2.05) is 23.1 Å². The van der Waals surface area contributed by atoms with Crippen molar-refractivity contribution in [3.05, 3.63) is 35.9 Å². The molecule has 0 unspecified atom stereocenters. The lowest BCUT2D eigenvalue weighted by molar-refractivity contribution is -0.132.